The molecular formula is C15H26N4O. The standard InChI is InChI=1S/C15H26N4O/c1-5-16-14-12(4)15(18-13(17-14)11(2)3)19-7-6-9-20-10-8-19/h11H,5-10H2,1-4H3,(H,16,17,18). The Morgan fingerprint density at radius 3 is 2.75 bits per heavy atom. The van der Waals surface area contributed by atoms with Crippen molar-refractivity contribution < 1.29 is 4.74 Å². The Kier molecular flexibility index (Phi) is 5.17. The molecule has 2 heterocycles. The minimum absolute atomic E-state index is 0.329. The van der Waals surface area contributed by atoms with Gasteiger partial charge in [-0.05, 0) is 20.3 Å². The van der Waals surface area contributed by atoms with E-state index in [1.807, 2.05) is 0 Å². The molecule has 5 nitrogen and oxygen atoms in total. The number of rotatable bonds is 4. The van der Waals surface area contributed by atoms with Crippen LogP contribution in [0.2, 0.25) is 0 Å². The molecule has 0 radical (unpaired) electrons. The minimum Gasteiger partial charge on any atom is -0.380 e. The summed E-state index contributed by atoms with van der Waals surface area (Å²) in [6.45, 7) is 12.9. The molecule has 1 N–H and O–H groups in total. The van der Waals surface area contributed by atoms with Gasteiger partial charge in [-0.3, -0.25) is 0 Å². The van der Waals surface area contributed by atoms with Crippen molar-refractivity contribution in [3.63, 3.8) is 0 Å². The van der Waals surface area contributed by atoms with E-state index in [0.717, 1.165) is 62.3 Å². The van der Waals surface area contributed by atoms with Crippen molar-refractivity contribution >= 4 is 11.6 Å². The highest BCUT2D eigenvalue weighted by Crippen LogP contribution is 2.26. The molecule has 1 aliphatic heterocycles. The molecule has 1 aromatic heterocycles. The van der Waals surface area contributed by atoms with Crippen molar-refractivity contribution in [3.05, 3.63) is 11.4 Å². The predicted molar refractivity (Wildman–Crippen MR) is 82.7 cm³/mol. The second kappa shape index (κ2) is 6.88. The molecule has 0 atom stereocenters. The Labute approximate surface area is 121 Å². The molecule has 1 aliphatic rings. The van der Waals surface area contributed by atoms with Crippen LogP contribution in [0.3, 0.4) is 0 Å². The molecule has 0 aliphatic carbocycles. The van der Waals surface area contributed by atoms with Gasteiger partial charge in [0, 0.05) is 37.7 Å². The molecule has 20 heavy (non-hydrogen) atoms. The smallest absolute Gasteiger partial charge is 0.137 e. The fraction of sp³-hybridized carbons (Fsp3) is 0.733. The van der Waals surface area contributed by atoms with E-state index in [9.17, 15) is 0 Å². The molecule has 0 unspecified atom stereocenters. The van der Waals surface area contributed by atoms with E-state index in [1.165, 1.54) is 0 Å². The van der Waals surface area contributed by atoms with Crippen molar-refractivity contribution in [3.8, 4) is 0 Å². The lowest BCUT2D eigenvalue weighted by atomic mass is 10.2. The van der Waals surface area contributed by atoms with Gasteiger partial charge >= 0.3 is 0 Å². The van der Waals surface area contributed by atoms with Crippen molar-refractivity contribution in [2.24, 2.45) is 0 Å². The normalized spacial score (nSPS) is 16.4. The average molecular weight is 278 g/mol. The summed E-state index contributed by atoms with van der Waals surface area (Å²) in [5, 5.41) is 3.36. The SMILES string of the molecule is CCNc1nc(C(C)C)nc(N2CCCOCC2)c1C. The molecule has 2 rings (SSSR count). The van der Waals surface area contributed by atoms with Gasteiger partial charge in [-0.25, -0.2) is 9.97 Å². The zero-order chi connectivity index (χ0) is 14.5. The Bertz CT molecular complexity index is 440. The molecule has 0 amide bonds. The van der Waals surface area contributed by atoms with Gasteiger partial charge in [-0.2, -0.15) is 0 Å². The molecule has 0 spiro atoms. The zero-order valence-corrected chi connectivity index (χ0v) is 13.1. The highest BCUT2D eigenvalue weighted by atomic mass is 16.5. The number of nitrogens with one attached hydrogen (secondary N) is 1. The van der Waals surface area contributed by atoms with Gasteiger partial charge in [-0.1, -0.05) is 13.8 Å². The third-order valence-electron chi connectivity index (χ3n) is 3.52. The van der Waals surface area contributed by atoms with Gasteiger partial charge in [0.1, 0.15) is 17.5 Å². The summed E-state index contributed by atoms with van der Waals surface area (Å²) in [4.78, 5) is 11.8. The minimum atomic E-state index is 0.329. The lowest BCUT2D eigenvalue weighted by Gasteiger charge is -2.25. The molecule has 0 saturated carbocycles. The summed E-state index contributed by atoms with van der Waals surface area (Å²) in [6.07, 6.45) is 1.05. The van der Waals surface area contributed by atoms with E-state index in [1.54, 1.807) is 0 Å². The number of hydrogen-bond acceptors (Lipinski definition) is 5. The molecular weight excluding hydrogens is 252 g/mol. The third-order valence-corrected chi connectivity index (χ3v) is 3.52. The molecule has 0 bridgehead atoms. The molecule has 112 valence electrons. The van der Waals surface area contributed by atoms with E-state index >= 15 is 0 Å². The second-order valence-corrected chi connectivity index (χ2v) is 5.52. The lowest BCUT2D eigenvalue weighted by molar-refractivity contribution is 0.152. The summed E-state index contributed by atoms with van der Waals surface area (Å²) in [7, 11) is 0. The second-order valence-electron chi connectivity index (χ2n) is 5.52. The van der Waals surface area contributed by atoms with Gasteiger partial charge in [0.15, 0.2) is 0 Å². The van der Waals surface area contributed by atoms with Crippen LogP contribution in [0, 0.1) is 6.92 Å². The average Bonchev–Trinajstić information content (AvgIpc) is 2.70. The summed E-state index contributed by atoms with van der Waals surface area (Å²) in [5.41, 5.74) is 1.14. The van der Waals surface area contributed by atoms with Gasteiger partial charge in [-0.15, -0.1) is 0 Å². The summed E-state index contributed by atoms with van der Waals surface area (Å²) in [6, 6.07) is 0. The number of ether oxygens (including phenoxy) is 1. The number of aromatic nitrogens is 2. The number of hydrogen-bond donors (Lipinski definition) is 1. The third kappa shape index (κ3) is 3.39. The maximum atomic E-state index is 5.54. The van der Waals surface area contributed by atoms with Crippen LogP contribution in [0.1, 0.15) is 44.5 Å². The first kappa shape index (κ1) is 15.0. The quantitative estimate of drug-likeness (QED) is 0.917. The molecule has 1 saturated heterocycles. The van der Waals surface area contributed by atoms with Crippen LogP contribution in [-0.2, 0) is 4.74 Å². The summed E-state index contributed by atoms with van der Waals surface area (Å²) in [5.74, 6) is 3.26. The van der Waals surface area contributed by atoms with Crippen LogP contribution >= 0.6 is 0 Å². The van der Waals surface area contributed by atoms with Crippen molar-refractivity contribution in [2.75, 3.05) is 43.1 Å². The fourth-order valence-corrected chi connectivity index (χ4v) is 2.39. The van der Waals surface area contributed by atoms with Crippen LogP contribution in [0.15, 0.2) is 0 Å². The van der Waals surface area contributed by atoms with E-state index in [2.05, 4.69) is 42.9 Å². The topological polar surface area (TPSA) is 50.3 Å². The Balaban J connectivity index is 2.38. The molecule has 1 fully saturated rings. The van der Waals surface area contributed by atoms with Crippen molar-refractivity contribution in [2.45, 2.75) is 40.0 Å². The van der Waals surface area contributed by atoms with Crippen LogP contribution in [0.5, 0.6) is 0 Å². The summed E-state index contributed by atoms with van der Waals surface area (Å²) < 4.78 is 5.54. The van der Waals surface area contributed by atoms with E-state index < -0.39 is 0 Å². The van der Waals surface area contributed by atoms with Gasteiger partial charge in [0.05, 0.1) is 6.61 Å². The van der Waals surface area contributed by atoms with Crippen molar-refractivity contribution in [1.29, 1.82) is 0 Å². The van der Waals surface area contributed by atoms with Crippen LogP contribution in [-0.4, -0.2) is 42.8 Å². The van der Waals surface area contributed by atoms with Crippen LogP contribution in [0.4, 0.5) is 11.6 Å². The first-order chi connectivity index (χ1) is 9.63. The van der Waals surface area contributed by atoms with Gasteiger partial charge < -0.3 is 15.0 Å². The highest BCUT2D eigenvalue weighted by Gasteiger charge is 2.19. The number of nitrogens with zero attached hydrogens (tertiary/aromatic N) is 3. The van der Waals surface area contributed by atoms with E-state index in [-0.39, 0.29) is 0 Å². The van der Waals surface area contributed by atoms with Gasteiger partial charge in [0.2, 0.25) is 0 Å². The first-order valence-electron chi connectivity index (χ1n) is 7.58. The van der Waals surface area contributed by atoms with Gasteiger partial charge in [0.25, 0.3) is 0 Å². The van der Waals surface area contributed by atoms with E-state index in [0.29, 0.717) is 5.92 Å². The highest BCUT2D eigenvalue weighted by molar-refractivity contribution is 5.59. The lowest BCUT2D eigenvalue weighted by Crippen LogP contribution is -2.28. The summed E-state index contributed by atoms with van der Waals surface area (Å²) >= 11 is 0. The predicted octanol–water partition coefficient (Wildman–Crippen LogP) is 2.57. The maximum absolute atomic E-state index is 5.54. The Morgan fingerprint density at radius 2 is 2.05 bits per heavy atom. The maximum Gasteiger partial charge on any atom is 0.137 e. The molecule has 1 aromatic rings. The monoisotopic (exact) mass is 278 g/mol. The molecule has 0 aromatic carbocycles. The number of anilines is 2. The first-order valence-corrected chi connectivity index (χ1v) is 7.58. The zero-order valence-electron chi connectivity index (χ0n) is 13.1. The van der Waals surface area contributed by atoms with E-state index in [4.69, 9.17) is 9.72 Å². The Hall–Kier alpha value is -1.36. The largest absolute Gasteiger partial charge is 0.380 e. The Morgan fingerprint density at radius 1 is 1.25 bits per heavy atom. The fourth-order valence-electron chi connectivity index (χ4n) is 2.39. The molecule has 5 heteroatoms. The van der Waals surface area contributed by atoms with Crippen LogP contribution in [0.25, 0.3) is 0 Å². The van der Waals surface area contributed by atoms with Crippen molar-refractivity contribution in [1.82, 2.24) is 9.97 Å². The van der Waals surface area contributed by atoms with Crippen LogP contribution < -0.4 is 10.2 Å².